The highest BCUT2D eigenvalue weighted by Crippen LogP contribution is 1.91. The lowest BCUT2D eigenvalue weighted by molar-refractivity contribution is -0.137. The van der Waals surface area contributed by atoms with Crippen LogP contribution in [0.1, 0.15) is 19.8 Å². The van der Waals surface area contributed by atoms with Gasteiger partial charge in [-0.1, -0.05) is 0 Å². The molecule has 0 aromatic rings. The predicted octanol–water partition coefficient (Wildman–Crippen LogP) is 0.165. The zero-order valence-corrected chi connectivity index (χ0v) is 7.25. The SMILES string of the molecule is C/C(N)=C/C(=O)OCCCCO. The Morgan fingerprint density at radius 1 is 1.58 bits per heavy atom. The van der Waals surface area contributed by atoms with Gasteiger partial charge in [0.1, 0.15) is 0 Å². The molecule has 0 aromatic carbocycles. The third-order valence-corrected chi connectivity index (χ3v) is 1.14. The zero-order chi connectivity index (χ0) is 9.40. The van der Waals surface area contributed by atoms with E-state index in [0.717, 1.165) is 0 Å². The fourth-order valence-corrected chi connectivity index (χ4v) is 0.614. The minimum absolute atomic E-state index is 0.128. The molecule has 12 heavy (non-hydrogen) atoms. The van der Waals surface area contributed by atoms with E-state index in [0.29, 0.717) is 25.1 Å². The first-order valence-electron chi connectivity index (χ1n) is 3.88. The highest BCUT2D eigenvalue weighted by atomic mass is 16.5. The van der Waals surface area contributed by atoms with Crippen LogP contribution in [0.3, 0.4) is 0 Å². The maximum absolute atomic E-state index is 10.8. The first kappa shape index (κ1) is 11.0. The van der Waals surface area contributed by atoms with Crippen molar-refractivity contribution in [3.63, 3.8) is 0 Å². The van der Waals surface area contributed by atoms with Gasteiger partial charge in [0, 0.05) is 18.4 Å². The average molecular weight is 173 g/mol. The third kappa shape index (κ3) is 7.08. The number of esters is 1. The van der Waals surface area contributed by atoms with Crippen LogP contribution in [0.4, 0.5) is 0 Å². The van der Waals surface area contributed by atoms with Gasteiger partial charge in [0.2, 0.25) is 0 Å². The standard InChI is InChI=1S/C8H15NO3/c1-7(9)6-8(11)12-5-3-2-4-10/h6,10H,2-5,9H2,1H3/b7-6-. The maximum atomic E-state index is 10.8. The van der Waals surface area contributed by atoms with Gasteiger partial charge in [0.15, 0.2) is 0 Å². The molecule has 0 rings (SSSR count). The number of carbonyl (C=O) groups is 1. The molecular formula is C8H15NO3. The minimum atomic E-state index is -0.423. The summed E-state index contributed by atoms with van der Waals surface area (Å²) in [7, 11) is 0. The van der Waals surface area contributed by atoms with Crippen molar-refractivity contribution < 1.29 is 14.6 Å². The van der Waals surface area contributed by atoms with E-state index in [1.807, 2.05) is 0 Å². The molecular weight excluding hydrogens is 158 g/mol. The number of ether oxygens (including phenoxy) is 1. The summed E-state index contributed by atoms with van der Waals surface area (Å²) in [5.74, 6) is -0.423. The van der Waals surface area contributed by atoms with Crippen LogP contribution in [0.25, 0.3) is 0 Å². The first-order valence-corrected chi connectivity index (χ1v) is 3.88. The van der Waals surface area contributed by atoms with Crippen molar-refractivity contribution in [3.05, 3.63) is 11.8 Å². The number of nitrogens with two attached hydrogens (primary N) is 1. The zero-order valence-electron chi connectivity index (χ0n) is 7.25. The fourth-order valence-electron chi connectivity index (χ4n) is 0.614. The van der Waals surface area contributed by atoms with Crippen LogP contribution < -0.4 is 5.73 Å². The average Bonchev–Trinajstić information content (AvgIpc) is 1.97. The first-order chi connectivity index (χ1) is 5.66. The van der Waals surface area contributed by atoms with Crippen molar-refractivity contribution in [1.82, 2.24) is 0 Å². The highest BCUT2D eigenvalue weighted by molar-refractivity contribution is 5.82. The van der Waals surface area contributed by atoms with Crippen molar-refractivity contribution in [2.24, 2.45) is 5.73 Å². The van der Waals surface area contributed by atoms with Gasteiger partial charge in [-0.05, 0) is 19.8 Å². The smallest absolute Gasteiger partial charge is 0.332 e. The van der Waals surface area contributed by atoms with E-state index in [-0.39, 0.29) is 6.61 Å². The summed E-state index contributed by atoms with van der Waals surface area (Å²) in [6.07, 6.45) is 2.57. The molecule has 4 heteroatoms. The van der Waals surface area contributed by atoms with Crippen molar-refractivity contribution in [1.29, 1.82) is 0 Å². The Balaban J connectivity index is 3.39. The summed E-state index contributed by atoms with van der Waals surface area (Å²) in [6, 6.07) is 0. The molecule has 4 nitrogen and oxygen atoms in total. The fraction of sp³-hybridized carbons (Fsp3) is 0.625. The molecule has 0 amide bonds. The molecule has 0 aliphatic carbocycles. The largest absolute Gasteiger partial charge is 0.462 e. The van der Waals surface area contributed by atoms with E-state index in [2.05, 4.69) is 0 Å². The van der Waals surface area contributed by atoms with E-state index in [1.54, 1.807) is 6.92 Å². The Hall–Kier alpha value is -1.03. The molecule has 70 valence electrons. The lowest BCUT2D eigenvalue weighted by Crippen LogP contribution is -2.05. The van der Waals surface area contributed by atoms with Gasteiger partial charge in [-0.15, -0.1) is 0 Å². The van der Waals surface area contributed by atoms with Crippen molar-refractivity contribution in [2.75, 3.05) is 13.2 Å². The lowest BCUT2D eigenvalue weighted by Gasteiger charge is -2.00. The van der Waals surface area contributed by atoms with Crippen LogP contribution in [0.5, 0.6) is 0 Å². The van der Waals surface area contributed by atoms with Gasteiger partial charge in [-0.2, -0.15) is 0 Å². The Kier molecular flexibility index (Phi) is 6.09. The molecule has 0 spiro atoms. The number of aliphatic hydroxyl groups excluding tert-OH is 1. The monoisotopic (exact) mass is 173 g/mol. The molecule has 3 N–H and O–H groups in total. The quantitative estimate of drug-likeness (QED) is 0.353. The predicted molar refractivity (Wildman–Crippen MR) is 45.2 cm³/mol. The van der Waals surface area contributed by atoms with Crippen molar-refractivity contribution >= 4 is 5.97 Å². The molecule has 0 aliphatic heterocycles. The molecule has 0 fully saturated rings. The second kappa shape index (κ2) is 6.67. The van der Waals surface area contributed by atoms with Gasteiger partial charge in [0.05, 0.1) is 6.61 Å². The second-order valence-electron chi connectivity index (χ2n) is 2.49. The second-order valence-corrected chi connectivity index (χ2v) is 2.49. The van der Waals surface area contributed by atoms with Crippen LogP contribution in [0.15, 0.2) is 11.8 Å². The summed E-state index contributed by atoms with van der Waals surface area (Å²) in [5, 5.41) is 8.40. The molecule has 0 bridgehead atoms. The van der Waals surface area contributed by atoms with Crippen LogP contribution in [0, 0.1) is 0 Å². The highest BCUT2D eigenvalue weighted by Gasteiger charge is 1.96. The normalized spacial score (nSPS) is 11.3. The van der Waals surface area contributed by atoms with E-state index in [4.69, 9.17) is 15.6 Å². The summed E-state index contributed by atoms with van der Waals surface area (Å²) >= 11 is 0. The van der Waals surface area contributed by atoms with Crippen molar-refractivity contribution in [3.8, 4) is 0 Å². The summed E-state index contributed by atoms with van der Waals surface area (Å²) in [5.41, 5.74) is 5.68. The third-order valence-electron chi connectivity index (χ3n) is 1.14. The topological polar surface area (TPSA) is 72.6 Å². The van der Waals surface area contributed by atoms with Crippen LogP contribution in [-0.4, -0.2) is 24.3 Å². The molecule has 0 aromatic heterocycles. The lowest BCUT2D eigenvalue weighted by atomic mass is 10.3. The molecule has 0 aliphatic rings. The van der Waals surface area contributed by atoms with Gasteiger partial charge >= 0.3 is 5.97 Å². The summed E-state index contributed by atoms with van der Waals surface area (Å²) < 4.78 is 4.75. The number of aliphatic hydroxyl groups is 1. The van der Waals surface area contributed by atoms with Crippen molar-refractivity contribution in [2.45, 2.75) is 19.8 Å². The van der Waals surface area contributed by atoms with Gasteiger partial charge < -0.3 is 15.6 Å². The van der Waals surface area contributed by atoms with E-state index >= 15 is 0 Å². The Labute approximate surface area is 72.0 Å². The van der Waals surface area contributed by atoms with Gasteiger partial charge in [-0.3, -0.25) is 0 Å². The summed E-state index contributed by atoms with van der Waals surface area (Å²) in [4.78, 5) is 10.8. The number of allylic oxidation sites excluding steroid dienone is 1. The molecule has 0 saturated heterocycles. The van der Waals surface area contributed by atoms with Crippen LogP contribution in [0.2, 0.25) is 0 Å². The molecule has 0 heterocycles. The molecule has 0 saturated carbocycles. The Bertz CT molecular complexity index is 162. The maximum Gasteiger partial charge on any atom is 0.332 e. The number of rotatable bonds is 5. The molecule has 0 unspecified atom stereocenters. The number of unbranched alkanes of at least 4 members (excludes halogenated alkanes) is 1. The van der Waals surface area contributed by atoms with E-state index in [1.165, 1.54) is 6.08 Å². The van der Waals surface area contributed by atoms with Crippen LogP contribution >= 0.6 is 0 Å². The van der Waals surface area contributed by atoms with Gasteiger partial charge in [0.25, 0.3) is 0 Å². The number of hydrogen-bond donors (Lipinski definition) is 2. The van der Waals surface area contributed by atoms with E-state index in [9.17, 15) is 4.79 Å². The molecule has 0 radical (unpaired) electrons. The Morgan fingerprint density at radius 3 is 2.75 bits per heavy atom. The van der Waals surface area contributed by atoms with Gasteiger partial charge in [-0.25, -0.2) is 4.79 Å². The molecule has 0 atom stereocenters. The van der Waals surface area contributed by atoms with E-state index < -0.39 is 5.97 Å². The minimum Gasteiger partial charge on any atom is -0.462 e. The number of hydrogen-bond acceptors (Lipinski definition) is 4. The number of carbonyl (C=O) groups excluding carboxylic acids is 1. The summed E-state index contributed by atoms with van der Waals surface area (Å²) in [6.45, 7) is 2.08. The Morgan fingerprint density at radius 2 is 2.25 bits per heavy atom. The van der Waals surface area contributed by atoms with Crippen LogP contribution in [-0.2, 0) is 9.53 Å².